The molecule has 112 valence electrons. The first-order valence-corrected chi connectivity index (χ1v) is 7.05. The number of piperidine rings is 1. The highest BCUT2D eigenvalue weighted by Crippen LogP contribution is 2.18. The number of carbonyl (C=O) groups excluding carboxylic acids is 1. The van der Waals surface area contributed by atoms with Gasteiger partial charge >= 0.3 is 6.09 Å². The van der Waals surface area contributed by atoms with Crippen LogP contribution in [0.5, 0.6) is 0 Å². The summed E-state index contributed by atoms with van der Waals surface area (Å²) in [4.78, 5) is 15.9. The molecule has 0 aromatic rings. The summed E-state index contributed by atoms with van der Waals surface area (Å²) in [7, 11) is 2.03. The average Bonchev–Trinajstić information content (AvgIpc) is 2.26. The Balaban J connectivity index is 2.38. The lowest BCUT2D eigenvalue weighted by Crippen LogP contribution is -2.48. The van der Waals surface area contributed by atoms with E-state index in [-0.39, 0.29) is 12.2 Å². The van der Waals surface area contributed by atoms with Gasteiger partial charge in [0.2, 0.25) is 0 Å². The Morgan fingerprint density at radius 3 is 2.37 bits per heavy atom. The third kappa shape index (κ3) is 5.78. The van der Waals surface area contributed by atoms with Crippen LogP contribution >= 0.6 is 0 Å². The highest BCUT2D eigenvalue weighted by Gasteiger charge is 2.28. The molecule has 1 rings (SSSR count). The molecular weight excluding hydrogens is 244 g/mol. The van der Waals surface area contributed by atoms with Crippen molar-refractivity contribution in [2.24, 2.45) is 0 Å². The molecule has 1 saturated heterocycles. The third-order valence-corrected chi connectivity index (χ3v) is 3.29. The van der Waals surface area contributed by atoms with Crippen LogP contribution in [0.2, 0.25) is 0 Å². The second kappa shape index (κ2) is 6.57. The normalized spacial score (nSPS) is 19.6. The number of likely N-dealkylation sites (tertiary alicyclic amines) is 1. The molecule has 1 heterocycles. The van der Waals surface area contributed by atoms with Crippen LogP contribution in [0.25, 0.3) is 0 Å². The number of nitrogens with zero attached hydrogens (tertiary/aromatic N) is 2. The highest BCUT2D eigenvalue weighted by molar-refractivity contribution is 5.68. The number of ether oxygens (including phenoxy) is 1. The summed E-state index contributed by atoms with van der Waals surface area (Å²) in [6.07, 6.45) is 1.34. The first-order valence-electron chi connectivity index (χ1n) is 7.05. The fraction of sp³-hybridized carbons (Fsp3) is 0.929. The van der Waals surface area contributed by atoms with Crippen molar-refractivity contribution in [2.45, 2.75) is 58.3 Å². The van der Waals surface area contributed by atoms with Crippen molar-refractivity contribution < 1.29 is 14.6 Å². The monoisotopic (exact) mass is 272 g/mol. The lowest BCUT2D eigenvalue weighted by atomic mass is 10.0. The molecular formula is C14H28N2O3. The molecule has 1 aliphatic rings. The van der Waals surface area contributed by atoms with Crippen molar-refractivity contribution in [2.75, 3.05) is 26.7 Å². The van der Waals surface area contributed by atoms with Crippen molar-refractivity contribution in [1.82, 2.24) is 9.80 Å². The Labute approximate surface area is 116 Å². The first-order chi connectivity index (χ1) is 8.69. The van der Waals surface area contributed by atoms with E-state index in [0.29, 0.717) is 12.6 Å². The van der Waals surface area contributed by atoms with Crippen molar-refractivity contribution >= 4 is 6.09 Å². The second-order valence-corrected chi connectivity index (χ2v) is 6.49. The van der Waals surface area contributed by atoms with Crippen LogP contribution in [0.1, 0.15) is 40.5 Å². The Kier molecular flexibility index (Phi) is 5.62. The maximum atomic E-state index is 11.9. The lowest BCUT2D eigenvalue weighted by molar-refractivity contribution is 0.0133. The van der Waals surface area contributed by atoms with Gasteiger partial charge in [-0.3, -0.25) is 0 Å². The minimum atomic E-state index is -0.433. The minimum Gasteiger partial charge on any atom is -0.444 e. The van der Waals surface area contributed by atoms with Gasteiger partial charge in [0.25, 0.3) is 0 Å². The zero-order valence-corrected chi connectivity index (χ0v) is 12.8. The number of likely N-dealkylation sites (N-methyl/N-ethyl adjacent to an activating group) is 1. The largest absolute Gasteiger partial charge is 0.444 e. The van der Waals surface area contributed by atoms with Gasteiger partial charge in [0.15, 0.2) is 0 Å². The second-order valence-electron chi connectivity index (χ2n) is 6.49. The zero-order valence-electron chi connectivity index (χ0n) is 12.8. The standard InChI is InChI=1S/C14H28N2O3/c1-11(17)10-15(5)12-6-8-16(9-7-12)13(18)19-14(2,3)4/h11-12,17H,6-10H2,1-5H3. The van der Waals surface area contributed by atoms with E-state index in [1.54, 1.807) is 11.8 Å². The average molecular weight is 272 g/mol. The molecule has 1 N–H and O–H groups in total. The zero-order chi connectivity index (χ0) is 14.6. The number of rotatable bonds is 3. The van der Waals surface area contributed by atoms with Gasteiger partial charge in [0.05, 0.1) is 6.10 Å². The molecule has 0 spiro atoms. The molecule has 0 aromatic carbocycles. The number of aliphatic hydroxyl groups is 1. The van der Waals surface area contributed by atoms with E-state index in [2.05, 4.69) is 4.90 Å². The topological polar surface area (TPSA) is 53.0 Å². The van der Waals surface area contributed by atoms with Crippen molar-refractivity contribution in [3.63, 3.8) is 0 Å². The number of aliphatic hydroxyl groups excluding tert-OH is 1. The van der Waals surface area contributed by atoms with E-state index < -0.39 is 5.60 Å². The fourth-order valence-electron chi connectivity index (χ4n) is 2.38. The van der Waals surface area contributed by atoms with Crippen LogP contribution in [0.15, 0.2) is 0 Å². The van der Waals surface area contributed by atoms with Gasteiger partial charge in [-0.05, 0) is 47.6 Å². The predicted octanol–water partition coefficient (Wildman–Crippen LogP) is 1.70. The van der Waals surface area contributed by atoms with E-state index in [4.69, 9.17) is 4.74 Å². The van der Waals surface area contributed by atoms with Crippen molar-refractivity contribution in [3.8, 4) is 0 Å². The maximum Gasteiger partial charge on any atom is 0.410 e. The molecule has 0 aliphatic carbocycles. The van der Waals surface area contributed by atoms with Crippen LogP contribution in [0.4, 0.5) is 4.79 Å². The quantitative estimate of drug-likeness (QED) is 0.849. The van der Waals surface area contributed by atoms with E-state index in [1.807, 2.05) is 27.8 Å². The number of amides is 1. The number of hydrogen-bond acceptors (Lipinski definition) is 4. The van der Waals surface area contributed by atoms with E-state index >= 15 is 0 Å². The van der Waals surface area contributed by atoms with Gasteiger partial charge in [-0.15, -0.1) is 0 Å². The van der Waals surface area contributed by atoms with Crippen molar-refractivity contribution in [3.05, 3.63) is 0 Å². The summed E-state index contributed by atoms with van der Waals surface area (Å²) in [6.45, 7) is 9.58. The first kappa shape index (κ1) is 16.2. The van der Waals surface area contributed by atoms with E-state index in [0.717, 1.165) is 25.9 Å². The molecule has 19 heavy (non-hydrogen) atoms. The van der Waals surface area contributed by atoms with Gasteiger partial charge in [0.1, 0.15) is 5.60 Å². The predicted molar refractivity (Wildman–Crippen MR) is 75.1 cm³/mol. The van der Waals surface area contributed by atoms with Crippen LogP contribution in [0, 0.1) is 0 Å². The van der Waals surface area contributed by atoms with Gasteiger partial charge < -0.3 is 19.6 Å². The summed E-state index contributed by atoms with van der Waals surface area (Å²) < 4.78 is 5.37. The SMILES string of the molecule is CC(O)CN(C)C1CCN(C(=O)OC(C)(C)C)CC1. The summed E-state index contributed by atoms with van der Waals surface area (Å²) in [6, 6.07) is 0.438. The fourth-order valence-corrected chi connectivity index (χ4v) is 2.38. The van der Waals surface area contributed by atoms with Crippen LogP contribution in [-0.2, 0) is 4.74 Å². The molecule has 0 aromatic heterocycles. The van der Waals surface area contributed by atoms with Crippen LogP contribution in [0.3, 0.4) is 0 Å². The smallest absolute Gasteiger partial charge is 0.410 e. The molecule has 0 saturated carbocycles. The van der Waals surface area contributed by atoms with Crippen molar-refractivity contribution in [1.29, 1.82) is 0 Å². The molecule has 0 radical (unpaired) electrons. The molecule has 0 bridgehead atoms. The lowest BCUT2D eigenvalue weighted by Gasteiger charge is -2.37. The van der Waals surface area contributed by atoms with Crippen LogP contribution < -0.4 is 0 Å². The molecule has 5 heteroatoms. The molecule has 1 amide bonds. The molecule has 1 atom stereocenters. The van der Waals surface area contributed by atoms with Gasteiger partial charge in [0, 0.05) is 25.7 Å². The van der Waals surface area contributed by atoms with Gasteiger partial charge in [-0.25, -0.2) is 4.79 Å². The van der Waals surface area contributed by atoms with Gasteiger partial charge in [-0.2, -0.15) is 0 Å². The summed E-state index contributed by atoms with van der Waals surface area (Å²) in [5.41, 5.74) is -0.433. The molecule has 1 aliphatic heterocycles. The van der Waals surface area contributed by atoms with Crippen LogP contribution in [-0.4, -0.2) is 65.4 Å². The third-order valence-electron chi connectivity index (χ3n) is 3.29. The molecule has 1 unspecified atom stereocenters. The minimum absolute atomic E-state index is 0.218. The Hall–Kier alpha value is -0.810. The highest BCUT2D eigenvalue weighted by atomic mass is 16.6. The molecule has 5 nitrogen and oxygen atoms in total. The number of hydrogen-bond donors (Lipinski definition) is 1. The number of carbonyl (C=O) groups is 1. The summed E-state index contributed by atoms with van der Waals surface area (Å²) in [5, 5.41) is 9.40. The van der Waals surface area contributed by atoms with E-state index in [1.165, 1.54) is 0 Å². The van der Waals surface area contributed by atoms with E-state index in [9.17, 15) is 9.90 Å². The Morgan fingerprint density at radius 1 is 1.42 bits per heavy atom. The summed E-state index contributed by atoms with van der Waals surface area (Å²) >= 11 is 0. The summed E-state index contributed by atoms with van der Waals surface area (Å²) in [5.74, 6) is 0. The maximum absolute atomic E-state index is 11.9. The van der Waals surface area contributed by atoms with Gasteiger partial charge in [-0.1, -0.05) is 0 Å². The molecule has 1 fully saturated rings. The Bertz CT molecular complexity index is 292. The Morgan fingerprint density at radius 2 is 1.95 bits per heavy atom.